The lowest BCUT2D eigenvalue weighted by atomic mass is 10.1. The molecule has 0 saturated heterocycles. The third-order valence-corrected chi connectivity index (χ3v) is 4.18. The number of hydrogen-bond acceptors (Lipinski definition) is 5. The van der Waals surface area contributed by atoms with Crippen LogP contribution in [0.5, 0.6) is 23.0 Å². The maximum Gasteiger partial charge on any atom is 0.165 e. The molecule has 150 valence electrons. The number of benzene rings is 2. The molecular weight excluding hydrogens is 389 g/mol. The largest absolute Gasteiger partial charge is 0.493 e. The highest BCUT2D eigenvalue weighted by Crippen LogP contribution is 2.34. The average molecular weight is 416 g/mol. The Hall–Kier alpha value is -1.82. The highest BCUT2D eigenvalue weighted by Gasteiger charge is 2.12. The molecule has 1 N–H and O–H groups in total. The number of nitrogens with one attached hydrogen (secondary N) is 1. The lowest BCUT2D eigenvalue weighted by Gasteiger charge is -2.15. The van der Waals surface area contributed by atoms with Crippen molar-refractivity contribution >= 4 is 24.0 Å². The maximum atomic E-state index is 6.18. The van der Waals surface area contributed by atoms with Crippen LogP contribution in [0.1, 0.15) is 18.1 Å². The molecule has 0 bridgehead atoms. The third kappa shape index (κ3) is 6.38. The van der Waals surface area contributed by atoms with Crippen molar-refractivity contribution in [2.45, 2.75) is 19.9 Å². The molecule has 0 atom stereocenters. The number of halogens is 2. The Labute approximate surface area is 172 Å². The second-order valence-corrected chi connectivity index (χ2v) is 6.08. The van der Waals surface area contributed by atoms with E-state index in [0.29, 0.717) is 23.9 Å². The van der Waals surface area contributed by atoms with Crippen molar-refractivity contribution < 1.29 is 18.9 Å². The first-order valence-electron chi connectivity index (χ1n) is 8.53. The van der Waals surface area contributed by atoms with Crippen molar-refractivity contribution in [2.24, 2.45) is 0 Å². The van der Waals surface area contributed by atoms with Gasteiger partial charge in [-0.05, 0) is 43.7 Å². The molecular formula is C20H27Cl2NO4. The van der Waals surface area contributed by atoms with E-state index in [2.05, 4.69) is 5.32 Å². The summed E-state index contributed by atoms with van der Waals surface area (Å²) in [5.41, 5.74) is 2.15. The number of ether oxygens (including phenoxy) is 4. The minimum Gasteiger partial charge on any atom is -0.493 e. The van der Waals surface area contributed by atoms with Crippen LogP contribution < -0.4 is 24.3 Å². The summed E-state index contributed by atoms with van der Waals surface area (Å²) >= 11 is 6.18. The number of methoxy groups -OCH3 is 3. The molecule has 0 aliphatic carbocycles. The second-order valence-electron chi connectivity index (χ2n) is 5.65. The lowest BCUT2D eigenvalue weighted by Crippen LogP contribution is -2.17. The highest BCUT2D eigenvalue weighted by atomic mass is 35.5. The summed E-state index contributed by atoms with van der Waals surface area (Å²) in [6.45, 7) is 3.95. The molecule has 2 rings (SSSR count). The molecule has 5 nitrogen and oxygen atoms in total. The fraction of sp³-hybridized carbons (Fsp3) is 0.400. The molecule has 0 unspecified atom stereocenters. The topological polar surface area (TPSA) is 49.0 Å². The zero-order chi connectivity index (χ0) is 18.9. The van der Waals surface area contributed by atoms with Crippen molar-refractivity contribution in [3.8, 4) is 23.0 Å². The molecule has 0 aliphatic heterocycles. The summed E-state index contributed by atoms with van der Waals surface area (Å²) in [6, 6.07) is 9.62. The van der Waals surface area contributed by atoms with Crippen LogP contribution in [0.2, 0.25) is 5.02 Å². The van der Waals surface area contributed by atoms with Crippen LogP contribution in [0, 0.1) is 0 Å². The van der Waals surface area contributed by atoms with Gasteiger partial charge in [0.1, 0.15) is 0 Å². The monoisotopic (exact) mass is 415 g/mol. The van der Waals surface area contributed by atoms with Gasteiger partial charge in [-0.3, -0.25) is 0 Å². The van der Waals surface area contributed by atoms with Gasteiger partial charge in [0.05, 0.1) is 27.9 Å². The van der Waals surface area contributed by atoms with E-state index in [0.717, 1.165) is 35.8 Å². The molecule has 2 aromatic carbocycles. The molecule has 0 fully saturated rings. The van der Waals surface area contributed by atoms with Gasteiger partial charge in [-0.2, -0.15) is 0 Å². The molecule has 0 heterocycles. The van der Waals surface area contributed by atoms with Crippen molar-refractivity contribution in [2.75, 3.05) is 34.5 Å². The first kappa shape index (κ1) is 23.2. The zero-order valence-electron chi connectivity index (χ0n) is 16.1. The molecule has 2 aromatic rings. The maximum absolute atomic E-state index is 6.18. The summed E-state index contributed by atoms with van der Waals surface area (Å²) in [4.78, 5) is 0. The minimum absolute atomic E-state index is 0. The molecule has 0 aromatic heterocycles. The van der Waals surface area contributed by atoms with E-state index in [9.17, 15) is 0 Å². The van der Waals surface area contributed by atoms with Crippen molar-refractivity contribution in [1.29, 1.82) is 0 Å². The highest BCUT2D eigenvalue weighted by molar-refractivity contribution is 6.30. The molecule has 0 aliphatic rings. The summed E-state index contributed by atoms with van der Waals surface area (Å²) < 4.78 is 21.7. The Kier molecular flexibility index (Phi) is 10.1. The minimum atomic E-state index is 0. The van der Waals surface area contributed by atoms with Gasteiger partial charge in [0.2, 0.25) is 0 Å². The Morgan fingerprint density at radius 2 is 1.63 bits per heavy atom. The van der Waals surface area contributed by atoms with Crippen LogP contribution in [-0.2, 0) is 13.0 Å². The van der Waals surface area contributed by atoms with E-state index in [1.165, 1.54) is 5.56 Å². The predicted molar refractivity (Wildman–Crippen MR) is 111 cm³/mol. The van der Waals surface area contributed by atoms with E-state index in [1.54, 1.807) is 27.4 Å². The van der Waals surface area contributed by atoms with Crippen molar-refractivity contribution in [3.63, 3.8) is 0 Å². The summed E-state index contributed by atoms with van der Waals surface area (Å²) in [5, 5.41) is 4.05. The Morgan fingerprint density at radius 1 is 0.926 bits per heavy atom. The molecule has 7 heteroatoms. The third-order valence-electron chi connectivity index (χ3n) is 3.96. The Balaban J connectivity index is 0.00000364. The summed E-state index contributed by atoms with van der Waals surface area (Å²) in [7, 11) is 4.89. The van der Waals surface area contributed by atoms with Crippen LogP contribution >= 0.6 is 24.0 Å². The molecule has 27 heavy (non-hydrogen) atoms. The SMILES string of the molecule is CCOc1c(CNCCc2ccc(OC)c(OC)c2)cc(Cl)cc1OC.Cl. The number of rotatable bonds is 10. The van der Waals surface area contributed by atoms with E-state index < -0.39 is 0 Å². The van der Waals surface area contributed by atoms with Crippen LogP contribution in [-0.4, -0.2) is 34.5 Å². The van der Waals surface area contributed by atoms with Gasteiger partial charge in [0.15, 0.2) is 23.0 Å². The van der Waals surface area contributed by atoms with Gasteiger partial charge in [0, 0.05) is 23.2 Å². The Morgan fingerprint density at radius 3 is 2.26 bits per heavy atom. The van der Waals surface area contributed by atoms with Gasteiger partial charge >= 0.3 is 0 Å². The van der Waals surface area contributed by atoms with Gasteiger partial charge in [0.25, 0.3) is 0 Å². The van der Waals surface area contributed by atoms with Gasteiger partial charge < -0.3 is 24.3 Å². The molecule has 0 amide bonds. The first-order valence-corrected chi connectivity index (χ1v) is 8.91. The van der Waals surface area contributed by atoms with Gasteiger partial charge in [-0.1, -0.05) is 17.7 Å². The smallest absolute Gasteiger partial charge is 0.165 e. The predicted octanol–water partition coefficient (Wildman–Crippen LogP) is 4.52. The standard InChI is InChI=1S/C20H26ClNO4.ClH/c1-5-26-20-15(11-16(21)12-19(20)25-4)13-22-9-8-14-6-7-17(23-2)18(10-14)24-3;/h6-7,10-12,22H,5,8-9,13H2,1-4H3;1H. The van der Waals surface area contributed by atoms with Crippen LogP contribution in [0.25, 0.3) is 0 Å². The fourth-order valence-corrected chi connectivity index (χ4v) is 2.94. The summed E-state index contributed by atoms with van der Waals surface area (Å²) in [5.74, 6) is 2.86. The van der Waals surface area contributed by atoms with Crippen molar-refractivity contribution in [1.82, 2.24) is 5.32 Å². The second kappa shape index (κ2) is 11.8. The first-order chi connectivity index (χ1) is 12.6. The van der Waals surface area contributed by atoms with Crippen molar-refractivity contribution in [3.05, 3.63) is 46.5 Å². The summed E-state index contributed by atoms with van der Waals surface area (Å²) in [6.07, 6.45) is 0.863. The molecule has 0 saturated carbocycles. The van der Waals surface area contributed by atoms with E-state index in [-0.39, 0.29) is 12.4 Å². The Bertz CT molecular complexity index is 725. The zero-order valence-corrected chi connectivity index (χ0v) is 17.7. The molecule has 0 radical (unpaired) electrons. The van der Waals surface area contributed by atoms with E-state index in [4.69, 9.17) is 30.5 Å². The van der Waals surface area contributed by atoms with Crippen LogP contribution in [0.4, 0.5) is 0 Å². The van der Waals surface area contributed by atoms with Gasteiger partial charge in [-0.15, -0.1) is 12.4 Å². The quantitative estimate of drug-likeness (QED) is 0.578. The van der Waals surface area contributed by atoms with E-state index >= 15 is 0 Å². The van der Waals surface area contributed by atoms with E-state index in [1.807, 2.05) is 31.2 Å². The van der Waals surface area contributed by atoms with Crippen LogP contribution in [0.3, 0.4) is 0 Å². The normalized spacial score (nSPS) is 10.1. The average Bonchev–Trinajstić information content (AvgIpc) is 2.66. The molecule has 0 spiro atoms. The fourth-order valence-electron chi connectivity index (χ4n) is 2.71. The number of hydrogen-bond donors (Lipinski definition) is 1. The van der Waals surface area contributed by atoms with Gasteiger partial charge in [-0.25, -0.2) is 0 Å². The van der Waals surface area contributed by atoms with Crippen LogP contribution in [0.15, 0.2) is 30.3 Å². The lowest BCUT2D eigenvalue weighted by molar-refractivity contribution is 0.307.